The van der Waals surface area contributed by atoms with E-state index in [0.717, 1.165) is 21.7 Å². The van der Waals surface area contributed by atoms with Gasteiger partial charge in [0.15, 0.2) is 0 Å². The van der Waals surface area contributed by atoms with Crippen LogP contribution < -0.4 is 0 Å². The number of sulfonamides is 1. The first-order chi connectivity index (χ1) is 13.7. The molecule has 0 saturated heterocycles. The highest BCUT2D eigenvalue weighted by Crippen LogP contribution is 2.22. The Bertz CT molecular complexity index is 1160. The van der Waals surface area contributed by atoms with Gasteiger partial charge in [-0.15, -0.1) is 0 Å². The Morgan fingerprint density at radius 3 is 2.34 bits per heavy atom. The van der Waals surface area contributed by atoms with Crippen molar-refractivity contribution in [2.45, 2.75) is 13.5 Å². The predicted octanol–water partition coefficient (Wildman–Crippen LogP) is 2.84. The van der Waals surface area contributed by atoms with Gasteiger partial charge in [-0.25, -0.2) is 13.2 Å². The average molecular weight is 414 g/mol. The topological polar surface area (TPSA) is 85.7 Å². The minimum absolute atomic E-state index is 0.0773. The summed E-state index contributed by atoms with van der Waals surface area (Å²) in [5.74, 6) is -1.03. The Kier molecular flexibility index (Phi) is 5.86. The third-order valence-corrected chi connectivity index (χ3v) is 5.84. The molecular formula is C21H22N2O5S. The van der Waals surface area contributed by atoms with Crippen molar-refractivity contribution in [3.05, 3.63) is 71.4 Å². The number of fused-ring (bicyclic) bond motifs is 1. The standard InChI is InChI=1S/C21H22N2O5S/c1-15-8-10-16(11-9-15)12-22(29(3,26)27)14-20(24)23-13-18(21(25)28-2)17-6-4-5-7-19(17)23/h4-11,13H,12,14H2,1-3H3. The summed E-state index contributed by atoms with van der Waals surface area (Å²) < 4.78 is 31.8. The van der Waals surface area contributed by atoms with Crippen LogP contribution in [0.25, 0.3) is 10.9 Å². The number of rotatable bonds is 6. The van der Waals surface area contributed by atoms with Crippen LogP contribution in [-0.4, -0.2) is 49.1 Å². The van der Waals surface area contributed by atoms with Crippen LogP contribution in [0.2, 0.25) is 0 Å². The summed E-state index contributed by atoms with van der Waals surface area (Å²) in [6.45, 7) is 1.66. The van der Waals surface area contributed by atoms with Gasteiger partial charge in [0.05, 0.1) is 31.0 Å². The lowest BCUT2D eigenvalue weighted by atomic mass is 10.1. The maximum absolute atomic E-state index is 13.0. The Morgan fingerprint density at radius 2 is 1.72 bits per heavy atom. The van der Waals surface area contributed by atoms with Crippen LogP contribution in [0.5, 0.6) is 0 Å². The van der Waals surface area contributed by atoms with Crippen molar-refractivity contribution in [1.82, 2.24) is 8.87 Å². The molecule has 0 aliphatic rings. The van der Waals surface area contributed by atoms with Crippen LogP contribution in [0, 0.1) is 6.92 Å². The number of carbonyl (C=O) groups is 2. The molecule has 1 heterocycles. The molecule has 0 bridgehead atoms. The van der Waals surface area contributed by atoms with Crippen LogP contribution >= 0.6 is 0 Å². The number of aromatic nitrogens is 1. The van der Waals surface area contributed by atoms with Crippen molar-refractivity contribution >= 4 is 32.8 Å². The molecule has 0 aliphatic carbocycles. The van der Waals surface area contributed by atoms with Gasteiger partial charge in [0.25, 0.3) is 0 Å². The molecule has 0 amide bonds. The summed E-state index contributed by atoms with van der Waals surface area (Å²) in [7, 11) is -2.37. The van der Waals surface area contributed by atoms with Crippen LogP contribution in [-0.2, 0) is 21.3 Å². The zero-order valence-electron chi connectivity index (χ0n) is 16.5. The third kappa shape index (κ3) is 4.55. The van der Waals surface area contributed by atoms with E-state index in [1.807, 2.05) is 31.2 Å². The predicted molar refractivity (Wildman–Crippen MR) is 110 cm³/mol. The Balaban J connectivity index is 1.94. The van der Waals surface area contributed by atoms with Gasteiger partial charge in [-0.3, -0.25) is 9.36 Å². The Hall–Kier alpha value is -2.97. The molecule has 0 fully saturated rings. The molecule has 152 valence electrons. The largest absolute Gasteiger partial charge is 0.465 e. The quantitative estimate of drug-likeness (QED) is 0.579. The number of esters is 1. The first kappa shape index (κ1) is 20.8. The van der Waals surface area contributed by atoms with Gasteiger partial charge in [0, 0.05) is 18.1 Å². The average Bonchev–Trinajstić information content (AvgIpc) is 3.07. The smallest absolute Gasteiger partial charge is 0.340 e. The first-order valence-corrected chi connectivity index (χ1v) is 10.8. The molecule has 0 aliphatic heterocycles. The van der Waals surface area contributed by atoms with Crippen LogP contribution in [0.15, 0.2) is 54.7 Å². The van der Waals surface area contributed by atoms with Gasteiger partial charge in [-0.2, -0.15) is 4.31 Å². The maximum Gasteiger partial charge on any atom is 0.340 e. The second kappa shape index (κ2) is 8.18. The maximum atomic E-state index is 13.0. The lowest BCUT2D eigenvalue weighted by Crippen LogP contribution is -2.36. The molecule has 0 radical (unpaired) electrons. The van der Waals surface area contributed by atoms with Crippen molar-refractivity contribution in [3.8, 4) is 0 Å². The highest BCUT2D eigenvalue weighted by atomic mass is 32.2. The van der Waals surface area contributed by atoms with Gasteiger partial charge < -0.3 is 4.74 Å². The molecule has 0 spiro atoms. The summed E-state index contributed by atoms with van der Waals surface area (Å²) in [6.07, 6.45) is 2.47. The third-order valence-electron chi connectivity index (χ3n) is 4.65. The van der Waals surface area contributed by atoms with Crippen LogP contribution in [0.4, 0.5) is 0 Å². The molecular weight excluding hydrogens is 392 g/mol. The number of para-hydroxylation sites is 1. The fraction of sp³-hybridized carbons (Fsp3) is 0.238. The lowest BCUT2D eigenvalue weighted by Gasteiger charge is -2.19. The lowest BCUT2D eigenvalue weighted by molar-refractivity contribution is 0.0603. The summed E-state index contributed by atoms with van der Waals surface area (Å²) in [5.41, 5.74) is 2.61. The summed E-state index contributed by atoms with van der Waals surface area (Å²) >= 11 is 0. The Labute approximate surface area is 169 Å². The zero-order valence-corrected chi connectivity index (χ0v) is 17.3. The normalized spacial score (nSPS) is 11.7. The van der Waals surface area contributed by atoms with Crippen molar-refractivity contribution < 1.29 is 22.7 Å². The monoisotopic (exact) mass is 414 g/mol. The van der Waals surface area contributed by atoms with E-state index in [2.05, 4.69) is 0 Å². The minimum Gasteiger partial charge on any atom is -0.465 e. The molecule has 29 heavy (non-hydrogen) atoms. The van der Waals surface area contributed by atoms with Crippen molar-refractivity contribution in [3.63, 3.8) is 0 Å². The van der Waals surface area contributed by atoms with E-state index in [9.17, 15) is 18.0 Å². The van der Waals surface area contributed by atoms with Crippen molar-refractivity contribution in [2.75, 3.05) is 19.9 Å². The zero-order chi connectivity index (χ0) is 21.2. The van der Waals surface area contributed by atoms with Gasteiger partial charge in [-0.05, 0) is 18.6 Å². The van der Waals surface area contributed by atoms with Crippen LogP contribution in [0.1, 0.15) is 26.3 Å². The molecule has 0 unspecified atom stereocenters. The Morgan fingerprint density at radius 1 is 1.07 bits per heavy atom. The van der Waals surface area contributed by atoms with E-state index >= 15 is 0 Å². The summed E-state index contributed by atoms with van der Waals surface area (Å²) in [6, 6.07) is 14.4. The van der Waals surface area contributed by atoms with E-state index < -0.39 is 21.9 Å². The number of hydrogen-bond donors (Lipinski definition) is 0. The molecule has 0 N–H and O–H groups in total. The second-order valence-corrected chi connectivity index (χ2v) is 8.81. The van der Waals surface area contributed by atoms with Crippen molar-refractivity contribution in [2.24, 2.45) is 0 Å². The SMILES string of the molecule is COC(=O)c1cn(C(=O)CN(Cc2ccc(C)cc2)S(C)(=O)=O)c2ccccc12. The highest BCUT2D eigenvalue weighted by Gasteiger charge is 2.24. The number of benzene rings is 2. The van der Waals surface area contributed by atoms with Crippen molar-refractivity contribution in [1.29, 1.82) is 0 Å². The number of hydrogen-bond acceptors (Lipinski definition) is 5. The highest BCUT2D eigenvalue weighted by molar-refractivity contribution is 7.88. The molecule has 0 atom stereocenters. The minimum atomic E-state index is -3.64. The number of carbonyl (C=O) groups excluding carboxylic acids is 2. The van der Waals surface area contributed by atoms with E-state index in [-0.39, 0.29) is 18.7 Å². The number of aryl methyl sites for hydroxylation is 1. The van der Waals surface area contributed by atoms with E-state index in [1.54, 1.807) is 24.3 Å². The molecule has 3 rings (SSSR count). The van der Waals surface area contributed by atoms with Gasteiger partial charge in [0.1, 0.15) is 0 Å². The fourth-order valence-corrected chi connectivity index (χ4v) is 3.80. The van der Waals surface area contributed by atoms with E-state index in [1.165, 1.54) is 17.9 Å². The molecule has 0 saturated carbocycles. The first-order valence-electron chi connectivity index (χ1n) is 8.93. The summed E-state index contributed by atoms with van der Waals surface area (Å²) in [4.78, 5) is 25.0. The second-order valence-electron chi connectivity index (χ2n) is 6.83. The molecule has 1 aromatic heterocycles. The van der Waals surface area contributed by atoms with Gasteiger partial charge >= 0.3 is 5.97 Å². The molecule has 7 nitrogen and oxygen atoms in total. The number of nitrogens with zero attached hydrogens (tertiary/aromatic N) is 2. The molecule has 8 heteroatoms. The van der Waals surface area contributed by atoms with E-state index in [0.29, 0.717) is 10.9 Å². The van der Waals surface area contributed by atoms with E-state index in [4.69, 9.17) is 4.74 Å². The summed E-state index contributed by atoms with van der Waals surface area (Å²) in [5, 5.41) is 0.567. The van der Waals surface area contributed by atoms with Gasteiger partial charge in [0.2, 0.25) is 15.9 Å². The fourth-order valence-electron chi connectivity index (χ4n) is 3.07. The van der Waals surface area contributed by atoms with Gasteiger partial charge in [-0.1, -0.05) is 48.0 Å². The number of methoxy groups -OCH3 is 1. The number of ether oxygens (including phenoxy) is 1. The molecule has 3 aromatic rings. The molecule has 2 aromatic carbocycles. The van der Waals surface area contributed by atoms with Crippen LogP contribution in [0.3, 0.4) is 0 Å².